The molecule has 0 radical (unpaired) electrons. The van der Waals surface area contributed by atoms with Gasteiger partial charge in [-0.05, 0) is 66.7 Å². The molecule has 0 spiro atoms. The maximum absolute atomic E-state index is 12.5. The lowest BCUT2D eigenvalue weighted by Crippen LogP contribution is -1.90. The summed E-state index contributed by atoms with van der Waals surface area (Å²) in [5.74, 6) is 1.31. The molecule has 0 saturated heterocycles. The monoisotopic (exact) mass is 476 g/mol. The third-order valence-corrected chi connectivity index (χ3v) is 5.46. The van der Waals surface area contributed by atoms with E-state index >= 15 is 0 Å². The zero-order valence-electron chi connectivity index (χ0n) is 15.2. The highest BCUT2D eigenvalue weighted by Crippen LogP contribution is 2.36. The molecule has 0 amide bonds. The van der Waals surface area contributed by atoms with Gasteiger partial charge in [0.15, 0.2) is 5.76 Å². The molecule has 2 aromatic carbocycles. The van der Waals surface area contributed by atoms with Gasteiger partial charge >= 0.3 is 0 Å². The quantitative estimate of drug-likeness (QED) is 0.213. The number of hydrogen-bond donors (Lipinski definition) is 0. The first-order valence-corrected chi connectivity index (χ1v) is 10.3. The van der Waals surface area contributed by atoms with E-state index in [1.165, 1.54) is 6.08 Å². The van der Waals surface area contributed by atoms with E-state index in [0.717, 1.165) is 0 Å². The van der Waals surface area contributed by atoms with Crippen molar-refractivity contribution in [2.24, 2.45) is 0 Å². The van der Waals surface area contributed by atoms with Crippen molar-refractivity contribution >= 4 is 58.3 Å². The van der Waals surface area contributed by atoms with Gasteiger partial charge in [0.05, 0.1) is 20.6 Å². The molecule has 0 N–H and O–H groups in total. The lowest BCUT2D eigenvalue weighted by molar-refractivity contribution is 0.102. The molecule has 0 unspecified atom stereocenters. The molecule has 150 valence electrons. The predicted molar refractivity (Wildman–Crippen MR) is 122 cm³/mol. The van der Waals surface area contributed by atoms with Gasteiger partial charge in [0.25, 0.3) is 0 Å². The van der Waals surface area contributed by atoms with Crippen molar-refractivity contribution in [1.82, 2.24) is 0 Å². The second kappa shape index (κ2) is 8.75. The van der Waals surface area contributed by atoms with Gasteiger partial charge in [-0.15, -0.1) is 0 Å². The Morgan fingerprint density at radius 1 is 0.767 bits per heavy atom. The number of hydrogen-bond acceptors (Lipinski definition) is 3. The molecule has 30 heavy (non-hydrogen) atoms. The highest BCUT2D eigenvalue weighted by atomic mass is 35.5. The van der Waals surface area contributed by atoms with Crippen LogP contribution in [0.4, 0.5) is 0 Å². The molecule has 7 heteroatoms. The molecule has 0 atom stereocenters. The number of halogens is 4. The van der Waals surface area contributed by atoms with Crippen LogP contribution in [-0.2, 0) is 0 Å². The Labute approximate surface area is 192 Å². The topological polar surface area (TPSA) is 43.4 Å². The molecule has 0 bridgehead atoms. The maximum atomic E-state index is 12.5. The van der Waals surface area contributed by atoms with Crippen LogP contribution in [0.3, 0.4) is 0 Å². The minimum absolute atomic E-state index is 0.174. The lowest BCUT2D eigenvalue weighted by Gasteiger charge is -2.02. The normalized spacial score (nSPS) is 11.3. The molecule has 0 aliphatic heterocycles. The first kappa shape index (κ1) is 20.8. The molecule has 4 aromatic rings. The Balaban J connectivity index is 1.53. The van der Waals surface area contributed by atoms with Gasteiger partial charge in [0, 0.05) is 10.6 Å². The lowest BCUT2D eigenvalue weighted by atomic mass is 10.2. The van der Waals surface area contributed by atoms with E-state index in [4.69, 9.17) is 55.2 Å². The Morgan fingerprint density at radius 2 is 1.50 bits per heavy atom. The first-order chi connectivity index (χ1) is 14.4. The molecule has 0 fully saturated rings. The van der Waals surface area contributed by atoms with E-state index in [0.29, 0.717) is 48.5 Å². The van der Waals surface area contributed by atoms with Crippen molar-refractivity contribution in [2.45, 2.75) is 0 Å². The number of carbonyl (C=O) groups is 1. The fraction of sp³-hybridized carbons (Fsp3) is 0. The van der Waals surface area contributed by atoms with Gasteiger partial charge < -0.3 is 8.83 Å². The van der Waals surface area contributed by atoms with Gasteiger partial charge in [-0.25, -0.2) is 0 Å². The molecule has 0 aliphatic carbocycles. The Hall–Kier alpha value is -2.43. The average Bonchev–Trinajstić information content (AvgIpc) is 3.36. The number of rotatable bonds is 5. The number of carbonyl (C=O) groups excluding carboxylic acids is 1. The summed E-state index contributed by atoms with van der Waals surface area (Å²) in [6, 6.07) is 17.0. The van der Waals surface area contributed by atoms with Crippen LogP contribution in [0.2, 0.25) is 20.1 Å². The summed E-state index contributed by atoms with van der Waals surface area (Å²) >= 11 is 24.5. The van der Waals surface area contributed by atoms with E-state index in [1.807, 2.05) is 0 Å². The zero-order valence-corrected chi connectivity index (χ0v) is 18.2. The van der Waals surface area contributed by atoms with Crippen LogP contribution >= 0.6 is 46.4 Å². The number of benzene rings is 2. The van der Waals surface area contributed by atoms with Crippen LogP contribution in [0.25, 0.3) is 28.7 Å². The van der Waals surface area contributed by atoms with Crippen LogP contribution in [0, 0.1) is 0 Å². The number of ketones is 1. The number of allylic oxidation sites excluding steroid dienone is 1. The standard InChI is InChI=1S/C23H12Cl4O3/c24-13-4-7-15(18(27)12-13)20-10-11-21(30-20)19(28)8-5-14-6-9-22(29-14)23-16(25)2-1-3-17(23)26/h1-12H. The van der Waals surface area contributed by atoms with Crippen molar-refractivity contribution < 1.29 is 13.6 Å². The predicted octanol–water partition coefficient (Wildman–Crippen LogP) is 8.72. The fourth-order valence-electron chi connectivity index (χ4n) is 2.85. The second-order valence-electron chi connectivity index (χ2n) is 6.28. The van der Waals surface area contributed by atoms with Gasteiger partial charge in [-0.3, -0.25) is 4.79 Å². The second-order valence-corrected chi connectivity index (χ2v) is 7.94. The fourth-order valence-corrected chi connectivity index (χ4v) is 3.94. The van der Waals surface area contributed by atoms with E-state index in [-0.39, 0.29) is 11.5 Å². The highest BCUT2D eigenvalue weighted by Gasteiger charge is 2.14. The molecular weight excluding hydrogens is 466 g/mol. The average molecular weight is 478 g/mol. The summed E-state index contributed by atoms with van der Waals surface area (Å²) in [5, 5.41) is 1.91. The molecular formula is C23H12Cl4O3. The zero-order chi connectivity index (χ0) is 21.3. The molecule has 0 aliphatic rings. The first-order valence-electron chi connectivity index (χ1n) is 8.74. The summed E-state index contributed by atoms with van der Waals surface area (Å²) in [6.07, 6.45) is 2.91. The molecule has 4 rings (SSSR count). The minimum Gasteiger partial charge on any atom is -0.457 e. The van der Waals surface area contributed by atoms with Crippen LogP contribution in [-0.4, -0.2) is 5.78 Å². The van der Waals surface area contributed by atoms with Crippen molar-refractivity contribution in [1.29, 1.82) is 0 Å². The Morgan fingerprint density at radius 3 is 2.23 bits per heavy atom. The third kappa shape index (κ3) is 4.35. The molecule has 2 aromatic heterocycles. The van der Waals surface area contributed by atoms with Gasteiger partial charge in [0.1, 0.15) is 17.3 Å². The van der Waals surface area contributed by atoms with Crippen LogP contribution < -0.4 is 0 Å². The van der Waals surface area contributed by atoms with Crippen LogP contribution in [0.15, 0.2) is 75.6 Å². The van der Waals surface area contributed by atoms with Crippen molar-refractivity contribution in [3.8, 4) is 22.6 Å². The highest BCUT2D eigenvalue weighted by molar-refractivity contribution is 6.39. The summed E-state index contributed by atoms with van der Waals surface area (Å²) in [5.41, 5.74) is 1.25. The van der Waals surface area contributed by atoms with Crippen LogP contribution in [0.5, 0.6) is 0 Å². The molecule has 2 heterocycles. The van der Waals surface area contributed by atoms with E-state index in [1.54, 1.807) is 66.7 Å². The van der Waals surface area contributed by atoms with E-state index in [9.17, 15) is 4.79 Å². The third-order valence-electron chi connectivity index (χ3n) is 4.28. The smallest absolute Gasteiger partial charge is 0.221 e. The molecule has 0 saturated carbocycles. The van der Waals surface area contributed by atoms with Gasteiger partial charge in [0.2, 0.25) is 5.78 Å². The maximum Gasteiger partial charge on any atom is 0.221 e. The Bertz CT molecular complexity index is 1250. The van der Waals surface area contributed by atoms with Gasteiger partial charge in [-0.2, -0.15) is 0 Å². The van der Waals surface area contributed by atoms with Crippen LogP contribution in [0.1, 0.15) is 16.3 Å². The summed E-state index contributed by atoms with van der Waals surface area (Å²) in [6.45, 7) is 0. The van der Waals surface area contributed by atoms with Gasteiger partial charge in [-0.1, -0.05) is 52.5 Å². The molecule has 3 nitrogen and oxygen atoms in total. The number of furan rings is 2. The van der Waals surface area contributed by atoms with E-state index < -0.39 is 0 Å². The summed E-state index contributed by atoms with van der Waals surface area (Å²) in [7, 11) is 0. The summed E-state index contributed by atoms with van der Waals surface area (Å²) in [4.78, 5) is 12.5. The van der Waals surface area contributed by atoms with Crippen molar-refractivity contribution in [3.05, 3.63) is 98.4 Å². The Kier molecular flexibility index (Phi) is 6.07. The SMILES string of the molecule is O=C(C=Cc1ccc(-c2c(Cl)cccc2Cl)o1)c1ccc(-c2ccc(Cl)cc2Cl)o1. The van der Waals surface area contributed by atoms with Crippen molar-refractivity contribution in [2.75, 3.05) is 0 Å². The van der Waals surface area contributed by atoms with Crippen molar-refractivity contribution in [3.63, 3.8) is 0 Å². The largest absolute Gasteiger partial charge is 0.457 e. The summed E-state index contributed by atoms with van der Waals surface area (Å²) < 4.78 is 11.4. The minimum atomic E-state index is -0.319. The van der Waals surface area contributed by atoms with E-state index in [2.05, 4.69) is 0 Å².